The molecule has 0 spiro atoms. The van der Waals surface area contributed by atoms with Gasteiger partial charge in [-0.05, 0) is 49.8 Å². The molecule has 0 saturated carbocycles. The number of carbonyl (C=O) groups is 1. The molecule has 0 unspecified atom stereocenters. The van der Waals surface area contributed by atoms with E-state index in [9.17, 15) is 9.59 Å². The van der Waals surface area contributed by atoms with E-state index in [1.165, 1.54) is 11.3 Å². The second-order valence-electron chi connectivity index (χ2n) is 9.15. The number of hydrogen-bond acceptors (Lipinski definition) is 5. The molecular formula is C26H27ClN2O4S. The lowest BCUT2D eigenvalue weighted by molar-refractivity contribution is 0.0301. The third-order valence-corrected chi connectivity index (χ3v) is 6.74. The van der Waals surface area contributed by atoms with Crippen molar-refractivity contribution in [3.63, 3.8) is 0 Å². The second kappa shape index (κ2) is 9.31. The predicted octanol–water partition coefficient (Wildman–Crippen LogP) is 6.48. The zero-order valence-electron chi connectivity index (χ0n) is 19.8. The molecule has 1 amide bonds. The minimum Gasteiger partial charge on any atom is -0.496 e. The quantitative estimate of drug-likeness (QED) is 0.341. The van der Waals surface area contributed by atoms with E-state index < -0.39 is 5.60 Å². The number of halogens is 1. The Morgan fingerprint density at radius 2 is 1.88 bits per heavy atom. The van der Waals surface area contributed by atoms with E-state index in [2.05, 4.69) is 4.98 Å². The molecule has 2 heterocycles. The number of pyridine rings is 1. The van der Waals surface area contributed by atoms with Gasteiger partial charge >= 0.3 is 6.09 Å². The molecule has 34 heavy (non-hydrogen) atoms. The van der Waals surface area contributed by atoms with Gasteiger partial charge in [0.2, 0.25) is 0 Å². The molecule has 4 rings (SSSR count). The number of ether oxygens (including phenoxy) is 2. The van der Waals surface area contributed by atoms with Crippen LogP contribution in [0.1, 0.15) is 26.3 Å². The number of rotatable bonds is 5. The zero-order valence-corrected chi connectivity index (χ0v) is 21.4. The fourth-order valence-corrected chi connectivity index (χ4v) is 4.92. The number of aromatic nitrogens is 1. The van der Waals surface area contributed by atoms with Gasteiger partial charge in [0.1, 0.15) is 16.1 Å². The summed E-state index contributed by atoms with van der Waals surface area (Å²) in [5, 5.41) is 4.05. The largest absolute Gasteiger partial charge is 0.496 e. The first-order chi connectivity index (χ1) is 16.1. The van der Waals surface area contributed by atoms with E-state index in [-0.39, 0.29) is 11.7 Å². The van der Waals surface area contributed by atoms with E-state index >= 15 is 0 Å². The van der Waals surface area contributed by atoms with E-state index in [1.54, 1.807) is 25.1 Å². The highest BCUT2D eigenvalue weighted by Gasteiger charge is 2.20. The van der Waals surface area contributed by atoms with Crippen molar-refractivity contribution >= 4 is 50.0 Å². The summed E-state index contributed by atoms with van der Waals surface area (Å²) in [4.78, 5) is 29.3. The van der Waals surface area contributed by atoms with Gasteiger partial charge < -0.3 is 19.4 Å². The van der Waals surface area contributed by atoms with Crippen LogP contribution >= 0.6 is 22.9 Å². The minimum atomic E-state index is -0.522. The number of carbonyl (C=O) groups excluding carboxylic acids is 1. The van der Waals surface area contributed by atoms with Crippen LogP contribution in [0, 0.1) is 0 Å². The zero-order chi connectivity index (χ0) is 24.6. The Kier molecular flexibility index (Phi) is 6.60. The Balaban J connectivity index is 1.68. The average molecular weight is 499 g/mol. The van der Waals surface area contributed by atoms with Gasteiger partial charge in [0, 0.05) is 36.0 Å². The number of aromatic amines is 1. The summed E-state index contributed by atoms with van der Waals surface area (Å²) in [6.07, 6.45) is 0.353. The molecule has 178 valence electrons. The van der Waals surface area contributed by atoms with Gasteiger partial charge in [-0.15, -0.1) is 11.3 Å². The van der Waals surface area contributed by atoms with Crippen molar-refractivity contribution in [3.8, 4) is 16.9 Å². The summed E-state index contributed by atoms with van der Waals surface area (Å²) < 4.78 is 11.8. The van der Waals surface area contributed by atoms with Gasteiger partial charge in [0.15, 0.2) is 0 Å². The van der Waals surface area contributed by atoms with Crippen LogP contribution in [0.4, 0.5) is 4.79 Å². The topological polar surface area (TPSA) is 71.6 Å². The minimum absolute atomic E-state index is 0.153. The third-order valence-electron chi connectivity index (χ3n) is 5.53. The molecule has 6 nitrogen and oxygen atoms in total. The summed E-state index contributed by atoms with van der Waals surface area (Å²) in [6, 6.07) is 11.8. The summed E-state index contributed by atoms with van der Waals surface area (Å²) in [5.74, 6) is 0.634. The van der Waals surface area contributed by atoms with Crippen LogP contribution < -0.4 is 10.3 Å². The maximum absolute atomic E-state index is 12.5. The molecule has 0 fully saturated rings. The highest BCUT2D eigenvalue weighted by Crippen LogP contribution is 2.43. The highest BCUT2D eigenvalue weighted by atomic mass is 35.5. The van der Waals surface area contributed by atoms with Crippen LogP contribution in [0.2, 0.25) is 5.02 Å². The monoisotopic (exact) mass is 498 g/mol. The van der Waals surface area contributed by atoms with Crippen molar-refractivity contribution in [2.75, 3.05) is 20.7 Å². The van der Waals surface area contributed by atoms with E-state index in [1.807, 2.05) is 56.5 Å². The first kappa shape index (κ1) is 24.1. The molecular weight excluding hydrogens is 472 g/mol. The molecule has 0 saturated heterocycles. The lowest BCUT2D eigenvalue weighted by Crippen LogP contribution is -2.35. The summed E-state index contributed by atoms with van der Waals surface area (Å²) in [5.41, 5.74) is 2.83. The number of H-pyrrole nitrogens is 1. The normalized spacial score (nSPS) is 11.7. The molecule has 0 atom stereocenters. The van der Waals surface area contributed by atoms with Crippen LogP contribution in [0.15, 0.2) is 46.6 Å². The molecule has 2 aromatic heterocycles. The summed E-state index contributed by atoms with van der Waals surface area (Å²) in [7, 11) is 3.35. The van der Waals surface area contributed by atoms with Crippen LogP contribution in [-0.4, -0.2) is 42.3 Å². The van der Waals surface area contributed by atoms with Crippen molar-refractivity contribution in [1.29, 1.82) is 0 Å². The third kappa shape index (κ3) is 4.76. The molecule has 0 radical (unpaired) electrons. The van der Waals surface area contributed by atoms with Crippen LogP contribution in [0.25, 0.3) is 32.1 Å². The van der Waals surface area contributed by atoms with Crippen LogP contribution in [-0.2, 0) is 11.2 Å². The number of benzene rings is 2. The van der Waals surface area contributed by atoms with Crippen LogP contribution in [0.3, 0.4) is 0 Å². The van der Waals surface area contributed by atoms with Crippen molar-refractivity contribution in [2.45, 2.75) is 32.8 Å². The van der Waals surface area contributed by atoms with Gasteiger partial charge in [-0.25, -0.2) is 4.79 Å². The van der Waals surface area contributed by atoms with E-state index in [0.29, 0.717) is 34.0 Å². The van der Waals surface area contributed by atoms with Gasteiger partial charge in [0.25, 0.3) is 5.56 Å². The standard InChI is InChI=1S/C26H27ClN2O4S/c1-26(2,3)33-25(31)29(4)12-10-15-6-8-16(9-7-15)20-19(32-5)14-18(27)22-21(20)17-11-13-34-23(17)24(30)28-22/h6-9,11,13-14H,10,12H2,1-5H3,(H,28,30). The molecule has 0 bridgehead atoms. The molecule has 0 aliphatic heterocycles. The lowest BCUT2D eigenvalue weighted by atomic mass is 9.96. The molecule has 1 N–H and O–H groups in total. The van der Waals surface area contributed by atoms with Crippen molar-refractivity contribution < 1.29 is 14.3 Å². The number of likely N-dealkylation sites (N-methyl/N-ethyl adjacent to an activating group) is 1. The number of fused-ring (bicyclic) bond motifs is 3. The number of amides is 1. The van der Waals surface area contributed by atoms with Crippen molar-refractivity contribution in [3.05, 3.63) is 62.7 Å². The molecule has 2 aromatic carbocycles. The molecule has 0 aliphatic carbocycles. The Bertz CT molecular complexity index is 1420. The Morgan fingerprint density at radius 1 is 1.18 bits per heavy atom. The number of hydrogen-bond donors (Lipinski definition) is 1. The predicted molar refractivity (Wildman–Crippen MR) is 140 cm³/mol. The maximum atomic E-state index is 12.5. The van der Waals surface area contributed by atoms with Gasteiger partial charge in [-0.1, -0.05) is 35.9 Å². The first-order valence-corrected chi connectivity index (χ1v) is 12.2. The Hall–Kier alpha value is -3.03. The fraction of sp³-hybridized carbons (Fsp3) is 0.308. The maximum Gasteiger partial charge on any atom is 0.410 e. The SMILES string of the molecule is COc1cc(Cl)c2[nH]c(=O)c3sccc3c2c1-c1ccc(CCN(C)C(=O)OC(C)(C)C)cc1. The Morgan fingerprint density at radius 3 is 2.53 bits per heavy atom. The fourth-order valence-electron chi connectivity index (χ4n) is 3.88. The van der Waals surface area contributed by atoms with E-state index in [4.69, 9.17) is 21.1 Å². The molecule has 0 aliphatic rings. The smallest absolute Gasteiger partial charge is 0.410 e. The Labute approximate surface area is 207 Å². The number of nitrogens with zero attached hydrogens (tertiary/aromatic N) is 1. The number of nitrogens with one attached hydrogen (secondary N) is 1. The van der Waals surface area contributed by atoms with E-state index in [0.717, 1.165) is 27.5 Å². The molecule has 4 aromatic rings. The number of thiophene rings is 1. The van der Waals surface area contributed by atoms with Gasteiger partial charge in [0.05, 0.1) is 17.6 Å². The van der Waals surface area contributed by atoms with Crippen LogP contribution in [0.5, 0.6) is 5.75 Å². The average Bonchev–Trinajstić information content (AvgIpc) is 3.28. The summed E-state index contributed by atoms with van der Waals surface area (Å²) >= 11 is 7.91. The van der Waals surface area contributed by atoms with Gasteiger partial charge in [-0.3, -0.25) is 4.79 Å². The number of methoxy groups -OCH3 is 1. The van der Waals surface area contributed by atoms with Gasteiger partial charge in [-0.2, -0.15) is 0 Å². The highest BCUT2D eigenvalue weighted by molar-refractivity contribution is 7.17. The van der Waals surface area contributed by atoms with Crippen molar-refractivity contribution in [1.82, 2.24) is 9.88 Å². The summed E-state index contributed by atoms with van der Waals surface area (Å²) in [6.45, 7) is 6.10. The van der Waals surface area contributed by atoms with Crippen molar-refractivity contribution in [2.24, 2.45) is 0 Å². The lowest BCUT2D eigenvalue weighted by Gasteiger charge is -2.24. The first-order valence-electron chi connectivity index (χ1n) is 10.9. The molecule has 8 heteroatoms. The second-order valence-corrected chi connectivity index (χ2v) is 10.5.